The van der Waals surface area contributed by atoms with Crippen molar-refractivity contribution in [1.82, 2.24) is 9.97 Å². The van der Waals surface area contributed by atoms with Crippen LogP contribution < -0.4 is 10.1 Å². The first-order chi connectivity index (χ1) is 11.7. The molecule has 0 unspecified atom stereocenters. The van der Waals surface area contributed by atoms with Gasteiger partial charge in [0.1, 0.15) is 11.6 Å². The van der Waals surface area contributed by atoms with Crippen molar-refractivity contribution in [2.24, 2.45) is 0 Å². The van der Waals surface area contributed by atoms with Gasteiger partial charge in [0.2, 0.25) is 0 Å². The lowest BCUT2D eigenvalue weighted by Gasteiger charge is -2.07. The zero-order valence-electron chi connectivity index (χ0n) is 12.9. The molecule has 0 spiro atoms. The van der Waals surface area contributed by atoms with Gasteiger partial charge in [-0.05, 0) is 12.1 Å². The number of hydrogen-bond acceptors (Lipinski definition) is 4. The van der Waals surface area contributed by atoms with Gasteiger partial charge in [-0.25, -0.2) is 14.4 Å². The smallest absolute Gasteiger partial charge is 0.258 e. The van der Waals surface area contributed by atoms with Crippen LogP contribution in [0.1, 0.15) is 10.4 Å². The number of benzene rings is 2. The fourth-order valence-corrected chi connectivity index (χ4v) is 2.13. The molecule has 1 aromatic heterocycles. The SMILES string of the molecule is COc1ccc(C(=O)Nc2cnc(-c3ccccc3)nc2)c(F)c1. The van der Waals surface area contributed by atoms with E-state index in [1.807, 2.05) is 30.3 Å². The third-order valence-electron chi connectivity index (χ3n) is 3.36. The first-order valence-corrected chi connectivity index (χ1v) is 7.20. The molecule has 24 heavy (non-hydrogen) atoms. The summed E-state index contributed by atoms with van der Waals surface area (Å²) in [5.41, 5.74) is 1.18. The van der Waals surface area contributed by atoms with Crippen molar-refractivity contribution in [3.05, 3.63) is 72.3 Å². The molecule has 0 aliphatic rings. The molecule has 5 nitrogen and oxygen atoms in total. The van der Waals surface area contributed by atoms with E-state index in [0.717, 1.165) is 11.6 Å². The molecule has 3 rings (SSSR count). The van der Waals surface area contributed by atoms with Gasteiger partial charge in [0.15, 0.2) is 5.82 Å². The van der Waals surface area contributed by atoms with Crippen LogP contribution in [-0.4, -0.2) is 23.0 Å². The normalized spacial score (nSPS) is 10.2. The van der Waals surface area contributed by atoms with Crippen molar-refractivity contribution in [1.29, 1.82) is 0 Å². The number of amides is 1. The maximum Gasteiger partial charge on any atom is 0.258 e. The third kappa shape index (κ3) is 3.38. The van der Waals surface area contributed by atoms with Crippen molar-refractivity contribution >= 4 is 11.6 Å². The molecule has 6 heteroatoms. The molecule has 120 valence electrons. The molecule has 0 fully saturated rings. The Bertz CT molecular complexity index is 852. The van der Waals surface area contributed by atoms with E-state index >= 15 is 0 Å². The molecule has 0 bridgehead atoms. The first-order valence-electron chi connectivity index (χ1n) is 7.20. The lowest BCUT2D eigenvalue weighted by atomic mass is 10.2. The number of ether oxygens (including phenoxy) is 1. The largest absolute Gasteiger partial charge is 0.497 e. The van der Waals surface area contributed by atoms with Gasteiger partial charge in [0.05, 0.1) is 30.8 Å². The molecule has 0 aliphatic carbocycles. The molecule has 1 heterocycles. The Hall–Kier alpha value is -3.28. The number of hydrogen-bond donors (Lipinski definition) is 1. The van der Waals surface area contributed by atoms with Gasteiger partial charge in [0.25, 0.3) is 5.91 Å². The van der Waals surface area contributed by atoms with E-state index in [9.17, 15) is 9.18 Å². The summed E-state index contributed by atoms with van der Waals surface area (Å²) in [5.74, 6) is -0.344. The zero-order chi connectivity index (χ0) is 16.9. The van der Waals surface area contributed by atoms with E-state index in [4.69, 9.17) is 4.74 Å². The van der Waals surface area contributed by atoms with Crippen LogP contribution in [0.15, 0.2) is 60.9 Å². The summed E-state index contributed by atoms with van der Waals surface area (Å²) in [7, 11) is 1.43. The van der Waals surface area contributed by atoms with Crippen LogP contribution in [0.5, 0.6) is 5.75 Å². The highest BCUT2D eigenvalue weighted by Crippen LogP contribution is 2.18. The van der Waals surface area contributed by atoms with E-state index in [1.165, 1.54) is 31.6 Å². The summed E-state index contributed by atoms with van der Waals surface area (Å²) in [6.45, 7) is 0. The van der Waals surface area contributed by atoms with Gasteiger partial charge in [-0.15, -0.1) is 0 Å². The second-order valence-electron chi connectivity index (χ2n) is 4.96. The quantitative estimate of drug-likeness (QED) is 0.797. The maximum absolute atomic E-state index is 13.9. The van der Waals surface area contributed by atoms with E-state index in [-0.39, 0.29) is 5.56 Å². The van der Waals surface area contributed by atoms with Crippen molar-refractivity contribution in [2.75, 3.05) is 12.4 Å². The van der Waals surface area contributed by atoms with Crippen molar-refractivity contribution in [3.63, 3.8) is 0 Å². The molecule has 0 aliphatic heterocycles. The van der Waals surface area contributed by atoms with Gasteiger partial charge in [-0.3, -0.25) is 4.79 Å². The summed E-state index contributed by atoms with van der Waals surface area (Å²) in [6, 6.07) is 13.5. The second-order valence-corrected chi connectivity index (χ2v) is 4.96. The molecule has 0 saturated carbocycles. The molecule has 0 radical (unpaired) electrons. The van der Waals surface area contributed by atoms with Gasteiger partial charge in [-0.1, -0.05) is 30.3 Å². The summed E-state index contributed by atoms with van der Waals surface area (Å²) in [4.78, 5) is 20.6. The van der Waals surface area contributed by atoms with Crippen molar-refractivity contribution < 1.29 is 13.9 Å². The molecule has 1 N–H and O–H groups in total. The summed E-state index contributed by atoms with van der Waals surface area (Å²) in [6.07, 6.45) is 2.96. The van der Waals surface area contributed by atoms with Crippen molar-refractivity contribution in [3.8, 4) is 17.1 Å². The van der Waals surface area contributed by atoms with Crippen LogP contribution in [0, 0.1) is 5.82 Å². The van der Waals surface area contributed by atoms with Crippen molar-refractivity contribution in [2.45, 2.75) is 0 Å². The average Bonchev–Trinajstić information content (AvgIpc) is 2.63. The van der Waals surface area contributed by atoms with Crippen LogP contribution in [0.3, 0.4) is 0 Å². The second kappa shape index (κ2) is 6.87. The molecular weight excluding hydrogens is 309 g/mol. The number of methoxy groups -OCH3 is 1. The number of carbonyl (C=O) groups is 1. The van der Waals surface area contributed by atoms with Gasteiger partial charge in [0, 0.05) is 11.6 Å². The fraction of sp³-hybridized carbons (Fsp3) is 0.0556. The number of nitrogens with one attached hydrogen (secondary N) is 1. The molecule has 0 atom stereocenters. The highest BCUT2D eigenvalue weighted by molar-refractivity contribution is 6.04. The first kappa shape index (κ1) is 15.6. The zero-order valence-corrected chi connectivity index (χ0v) is 12.9. The number of nitrogens with zero attached hydrogens (tertiary/aromatic N) is 2. The topological polar surface area (TPSA) is 64.1 Å². The number of halogens is 1. The molecular formula is C18H14FN3O2. The monoisotopic (exact) mass is 323 g/mol. The van der Waals surface area contributed by atoms with Crippen LogP contribution in [0.25, 0.3) is 11.4 Å². The Morgan fingerprint density at radius 3 is 2.42 bits per heavy atom. The minimum atomic E-state index is -0.659. The van der Waals surface area contributed by atoms with Gasteiger partial charge >= 0.3 is 0 Å². The minimum absolute atomic E-state index is 0.0806. The minimum Gasteiger partial charge on any atom is -0.497 e. The number of anilines is 1. The highest BCUT2D eigenvalue weighted by atomic mass is 19.1. The van der Waals surface area contributed by atoms with Crippen LogP contribution >= 0.6 is 0 Å². The Balaban J connectivity index is 1.75. The van der Waals surface area contributed by atoms with Crippen LogP contribution in [0.2, 0.25) is 0 Å². The number of carbonyl (C=O) groups excluding carboxylic acids is 1. The Morgan fingerprint density at radius 1 is 1.08 bits per heavy atom. The van der Waals surface area contributed by atoms with Crippen LogP contribution in [0.4, 0.5) is 10.1 Å². The molecule has 3 aromatic rings. The Morgan fingerprint density at radius 2 is 1.79 bits per heavy atom. The Labute approximate surface area is 138 Å². The summed E-state index contributed by atoms with van der Waals surface area (Å²) >= 11 is 0. The lowest BCUT2D eigenvalue weighted by molar-refractivity contribution is 0.102. The number of aromatic nitrogens is 2. The molecule has 0 saturated heterocycles. The lowest BCUT2D eigenvalue weighted by Crippen LogP contribution is -2.14. The van der Waals surface area contributed by atoms with E-state index < -0.39 is 11.7 Å². The average molecular weight is 323 g/mol. The number of rotatable bonds is 4. The standard InChI is InChI=1S/C18H14FN3O2/c1-24-14-7-8-15(16(19)9-14)18(23)22-13-10-20-17(21-11-13)12-5-3-2-4-6-12/h2-11H,1H3,(H,22,23). The van der Waals surface area contributed by atoms with E-state index in [2.05, 4.69) is 15.3 Å². The Kier molecular flexibility index (Phi) is 4.47. The predicted molar refractivity (Wildman–Crippen MR) is 88.4 cm³/mol. The van der Waals surface area contributed by atoms with E-state index in [1.54, 1.807) is 0 Å². The predicted octanol–water partition coefficient (Wildman–Crippen LogP) is 3.54. The van der Waals surface area contributed by atoms with Gasteiger partial charge in [-0.2, -0.15) is 0 Å². The fourth-order valence-electron chi connectivity index (χ4n) is 2.13. The maximum atomic E-state index is 13.9. The van der Waals surface area contributed by atoms with Crippen LogP contribution in [-0.2, 0) is 0 Å². The van der Waals surface area contributed by atoms with E-state index in [0.29, 0.717) is 17.3 Å². The third-order valence-corrected chi connectivity index (χ3v) is 3.36. The van der Waals surface area contributed by atoms with Gasteiger partial charge < -0.3 is 10.1 Å². The summed E-state index contributed by atoms with van der Waals surface area (Å²) < 4.78 is 18.8. The molecule has 1 amide bonds. The highest BCUT2D eigenvalue weighted by Gasteiger charge is 2.13. The summed E-state index contributed by atoms with van der Waals surface area (Å²) in [5, 5.41) is 2.57. The molecule has 2 aromatic carbocycles.